The highest BCUT2D eigenvalue weighted by Gasteiger charge is 2.19. The summed E-state index contributed by atoms with van der Waals surface area (Å²) in [6.45, 7) is 6.69. The number of rotatable bonds is 12. The molecule has 15 nitrogen and oxygen atoms in total. The number of phenolic OH excluding ortho intramolecular Hbond substituents is 3. The summed E-state index contributed by atoms with van der Waals surface area (Å²) in [5.41, 5.74) is 10.6. The van der Waals surface area contributed by atoms with E-state index in [0.717, 1.165) is 67.3 Å². The van der Waals surface area contributed by atoms with Crippen LogP contribution in [0.15, 0.2) is 146 Å². The second kappa shape index (κ2) is 23.5. The number of hydrogen-bond donors (Lipinski definition) is 3. The second-order valence-electron chi connectivity index (χ2n) is 19.1. The Hall–Kier alpha value is -9.06. The van der Waals surface area contributed by atoms with E-state index in [4.69, 9.17) is 14.2 Å². The number of phenols is 3. The topological polar surface area (TPSA) is 152 Å². The maximum absolute atomic E-state index is 13.9. The molecule has 78 heavy (non-hydrogen) atoms. The molecule has 9 aromatic rings. The standard InChI is InChI=1S/3C20H20FN3O2/c1-26-19-13-16(12-17(21)20(19)25)24-11-8-18(22-24)14-4-6-15(7-5-14)23-9-2-3-10-23;1-26-19-11-14(10-17(21)20(19)25)18-12-24(13-22-18)16-6-4-15(5-7-16)23-8-2-3-9-23;1-26-19-11-17(10-18(21)20(19)25)24-13-15(12-22-24)14-4-6-16(7-5-14)23-8-2-3-9-23/h4-8,11-13,25H,2-3,9-10H2,1H3;2*4-7,10-13,25H,2-3,8-9H2,1H3. The minimum atomic E-state index is -0.744. The summed E-state index contributed by atoms with van der Waals surface area (Å²) in [5.74, 6) is -3.47. The molecule has 402 valence electrons. The van der Waals surface area contributed by atoms with Crippen LogP contribution in [0.2, 0.25) is 0 Å². The normalized spacial score (nSPS) is 14.0. The van der Waals surface area contributed by atoms with Crippen molar-refractivity contribution in [2.45, 2.75) is 38.5 Å². The number of imidazole rings is 1. The zero-order chi connectivity index (χ0) is 54.3. The molecule has 0 amide bonds. The minimum absolute atomic E-state index is 0.0759. The first-order valence-electron chi connectivity index (χ1n) is 25.9. The molecule has 3 N–H and O–H groups in total. The molecule has 3 aliphatic rings. The van der Waals surface area contributed by atoms with Gasteiger partial charge in [0.25, 0.3) is 0 Å². The summed E-state index contributed by atoms with van der Waals surface area (Å²) < 4.78 is 61.6. The van der Waals surface area contributed by atoms with Crippen LogP contribution < -0.4 is 28.9 Å². The maximum atomic E-state index is 13.9. The van der Waals surface area contributed by atoms with Crippen LogP contribution in [0.1, 0.15) is 38.5 Å². The average Bonchev–Trinajstić information content (AvgIpc) is 4.37. The number of halogens is 3. The van der Waals surface area contributed by atoms with E-state index in [9.17, 15) is 28.5 Å². The predicted octanol–water partition coefficient (Wildman–Crippen LogP) is 12.0. The second-order valence-corrected chi connectivity index (χ2v) is 19.1. The van der Waals surface area contributed by atoms with Gasteiger partial charge in [-0.05, 0) is 111 Å². The highest BCUT2D eigenvalue weighted by Crippen LogP contribution is 2.36. The molecule has 0 saturated carbocycles. The largest absolute Gasteiger partial charge is 0.502 e. The van der Waals surface area contributed by atoms with Crippen LogP contribution in [0.4, 0.5) is 30.2 Å². The van der Waals surface area contributed by atoms with Crippen LogP contribution in [-0.4, -0.2) is 105 Å². The molecule has 3 aromatic heterocycles. The SMILES string of the molecule is COc1cc(-c2cn(-c3ccc(N4CCCC4)cc3)cn2)cc(F)c1O.COc1cc(-n2cc(-c3ccc(N4CCCC4)cc3)cn2)cc(F)c1O.COc1cc(-n2ccc(-c3ccc(N4CCCC4)cc3)n2)cc(F)c1O. The zero-order valence-corrected chi connectivity index (χ0v) is 43.6. The molecule has 0 bridgehead atoms. The van der Waals surface area contributed by atoms with E-state index < -0.39 is 34.7 Å². The number of anilines is 3. The monoisotopic (exact) mass is 1060 g/mol. The lowest BCUT2D eigenvalue weighted by Gasteiger charge is -2.17. The Morgan fingerprint density at radius 2 is 0.859 bits per heavy atom. The Morgan fingerprint density at radius 1 is 0.423 bits per heavy atom. The number of aromatic hydroxyl groups is 3. The van der Waals surface area contributed by atoms with Gasteiger partial charge in [-0.2, -0.15) is 10.2 Å². The summed E-state index contributed by atoms with van der Waals surface area (Å²) >= 11 is 0. The Kier molecular flexibility index (Phi) is 15.7. The first kappa shape index (κ1) is 52.4. The van der Waals surface area contributed by atoms with Gasteiger partial charge in [0.1, 0.15) is 0 Å². The van der Waals surface area contributed by atoms with Crippen molar-refractivity contribution in [3.63, 3.8) is 0 Å². The molecule has 0 spiro atoms. The van der Waals surface area contributed by atoms with E-state index in [-0.39, 0.29) is 17.2 Å². The van der Waals surface area contributed by atoms with Gasteiger partial charge in [0.2, 0.25) is 0 Å². The van der Waals surface area contributed by atoms with Gasteiger partial charge in [0.05, 0.1) is 56.6 Å². The summed E-state index contributed by atoms with van der Waals surface area (Å²) in [6.07, 6.45) is 16.3. The van der Waals surface area contributed by atoms with Crippen LogP contribution >= 0.6 is 0 Å². The van der Waals surface area contributed by atoms with Crippen molar-refractivity contribution in [3.05, 3.63) is 164 Å². The van der Waals surface area contributed by atoms with E-state index in [0.29, 0.717) is 22.6 Å². The van der Waals surface area contributed by atoms with E-state index in [1.165, 1.54) is 95.1 Å². The fourth-order valence-electron chi connectivity index (χ4n) is 9.89. The van der Waals surface area contributed by atoms with Gasteiger partial charge in [-0.25, -0.2) is 27.5 Å². The van der Waals surface area contributed by atoms with E-state index in [1.807, 2.05) is 23.0 Å². The Morgan fingerprint density at radius 3 is 1.36 bits per heavy atom. The van der Waals surface area contributed by atoms with Gasteiger partial charge in [0.15, 0.2) is 51.9 Å². The predicted molar refractivity (Wildman–Crippen MR) is 296 cm³/mol. The molecule has 3 saturated heterocycles. The molecule has 3 fully saturated rings. The highest BCUT2D eigenvalue weighted by atomic mass is 19.1. The van der Waals surface area contributed by atoms with Gasteiger partial charge in [-0.3, -0.25) is 0 Å². The maximum Gasteiger partial charge on any atom is 0.194 e. The lowest BCUT2D eigenvalue weighted by atomic mass is 10.1. The Labute approximate surface area is 450 Å². The quantitative estimate of drug-likeness (QED) is 0.107. The smallest absolute Gasteiger partial charge is 0.194 e. The lowest BCUT2D eigenvalue weighted by Crippen LogP contribution is -2.17. The zero-order valence-electron chi connectivity index (χ0n) is 43.6. The van der Waals surface area contributed by atoms with Gasteiger partial charge in [-0.15, -0.1) is 0 Å². The summed E-state index contributed by atoms with van der Waals surface area (Å²) in [7, 11) is 4.15. The average molecular weight is 1060 g/mol. The minimum Gasteiger partial charge on any atom is -0.502 e. The molecule has 3 aliphatic heterocycles. The van der Waals surface area contributed by atoms with Crippen molar-refractivity contribution < 1.29 is 42.7 Å². The molecule has 0 aliphatic carbocycles. The summed E-state index contributed by atoms with van der Waals surface area (Å²) in [5, 5.41) is 37.7. The molecule has 0 unspecified atom stereocenters. The van der Waals surface area contributed by atoms with Crippen LogP contribution in [0, 0.1) is 17.5 Å². The lowest BCUT2D eigenvalue weighted by molar-refractivity contribution is 0.356. The molecule has 0 atom stereocenters. The first-order chi connectivity index (χ1) is 38.0. The highest BCUT2D eigenvalue weighted by molar-refractivity contribution is 5.67. The molecular weight excluding hydrogens is 1000 g/mol. The summed E-state index contributed by atoms with van der Waals surface area (Å²) in [4.78, 5) is 11.5. The fourth-order valence-corrected chi connectivity index (χ4v) is 9.89. The van der Waals surface area contributed by atoms with Crippen LogP contribution in [0.3, 0.4) is 0 Å². The van der Waals surface area contributed by atoms with E-state index in [1.54, 1.807) is 46.3 Å². The summed E-state index contributed by atoms with van der Waals surface area (Å²) in [6, 6.07) is 35.3. The van der Waals surface area contributed by atoms with Gasteiger partial charge >= 0.3 is 0 Å². The van der Waals surface area contributed by atoms with E-state index >= 15 is 0 Å². The number of nitrogens with zero attached hydrogens (tertiary/aromatic N) is 9. The fraction of sp³-hybridized carbons (Fsp3) is 0.250. The van der Waals surface area contributed by atoms with Crippen molar-refractivity contribution in [1.29, 1.82) is 0 Å². The third-order valence-electron chi connectivity index (χ3n) is 14.2. The van der Waals surface area contributed by atoms with Gasteiger partial charge in [0, 0.05) is 122 Å². The number of hydrogen-bond acceptors (Lipinski definition) is 12. The van der Waals surface area contributed by atoms with Crippen LogP contribution in [-0.2, 0) is 0 Å². The number of aromatic nitrogens is 6. The molecule has 0 radical (unpaired) electrons. The molecule has 6 heterocycles. The Bertz CT molecular complexity index is 3110. The van der Waals surface area contributed by atoms with E-state index in [2.05, 4.69) is 103 Å². The van der Waals surface area contributed by atoms with Crippen LogP contribution in [0.5, 0.6) is 34.5 Å². The first-order valence-corrected chi connectivity index (χ1v) is 25.9. The van der Waals surface area contributed by atoms with Crippen molar-refractivity contribution in [2.24, 2.45) is 0 Å². The van der Waals surface area contributed by atoms with Gasteiger partial charge < -0.3 is 48.8 Å². The van der Waals surface area contributed by atoms with Gasteiger partial charge in [-0.1, -0.05) is 24.3 Å². The molecule has 6 aromatic carbocycles. The number of ether oxygens (including phenoxy) is 3. The number of benzene rings is 6. The molecule has 12 rings (SSSR count). The third kappa shape index (κ3) is 11.5. The van der Waals surface area contributed by atoms with Crippen molar-refractivity contribution in [1.82, 2.24) is 29.1 Å². The van der Waals surface area contributed by atoms with Crippen molar-refractivity contribution in [2.75, 3.05) is 75.3 Å². The van der Waals surface area contributed by atoms with Crippen molar-refractivity contribution in [3.8, 4) is 85.2 Å². The molecule has 18 heteroatoms. The number of methoxy groups -OCH3 is 3. The Balaban J connectivity index is 0.000000132. The molecular formula is C60H60F3N9O6. The van der Waals surface area contributed by atoms with Crippen molar-refractivity contribution >= 4 is 17.1 Å². The third-order valence-corrected chi connectivity index (χ3v) is 14.2. The van der Waals surface area contributed by atoms with Crippen LogP contribution in [0.25, 0.3) is 50.7 Å².